The van der Waals surface area contributed by atoms with Crippen molar-refractivity contribution in [2.45, 2.75) is 19.3 Å². The number of benzene rings is 3. The molecular formula is C31H22Br2N2. The lowest BCUT2D eigenvalue weighted by molar-refractivity contribution is 0.660. The van der Waals surface area contributed by atoms with Crippen molar-refractivity contribution in [1.29, 1.82) is 0 Å². The van der Waals surface area contributed by atoms with Gasteiger partial charge in [-0.15, -0.1) is 0 Å². The Balaban J connectivity index is 1.54. The van der Waals surface area contributed by atoms with Crippen LogP contribution in [0.1, 0.15) is 25.0 Å². The van der Waals surface area contributed by atoms with Crippen LogP contribution in [0.25, 0.3) is 44.9 Å². The normalized spacial score (nSPS) is 13.4. The van der Waals surface area contributed by atoms with Crippen molar-refractivity contribution in [3.05, 3.63) is 117 Å². The van der Waals surface area contributed by atoms with Crippen molar-refractivity contribution in [3.8, 4) is 44.9 Å². The Labute approximate surface area is 222 Å². The minimum atomic E-state index is -0.0798. The van der Waals surface area contributed by atoms with Gasteiger partial charge in [0.25, 0.3) is 0 Å². The standard InChI is InChI=1S/C31H22Br2N2/c1-31(2)26-17-20(8-12-24(26)25-13-11-22(33)18-27(25)31)23-14-15-29(28-5-3-4-16-34-28)35-30(23)19-6-9-21(32)10-7-19/h3-18H,1-2H3. The van der Waals surface area contributed by atoms with Gasteiger partial charge in [0.15, 0.2) is 0 Å². The number of aromatic nitrogens is 2. The highest BCUT2D eigenvalue weighted by molar-refractivity contribution is 9.10. The van der Waals surface area contributed by atoms with E-state index in [1.807, 2.05) is 24.4 Å². The van der Waals surface area contributed by atoms with Gasteiger partial charge in [-0.25, -0.2) is 4.98 Å². The first kappa shape index (κ1) is 22.4. The Morgan fingerprint density at radius 3 is 2.00 bits per heavy atom. The van der Waals surface area contributed by atoms with E-state index in [1.165, 1.54) is 27.8 Å². The van der Waals surface area contributed by atoms with Gasteiger partial charge in [0, 0.05) is 31.7 Å². The van der Waals surface area contributed by atoms with E-state index >= 15 is 0 Å². The third kappa shape index (κ3) is 3.85. The first-order valence-electron chi connectivity index (χ1n) is 11.6. The lowest BCUT2D eigenvalue weighted by atomic mass is 9.81. The first-order valence-corrected chi connectivity index (χ1v) is 13.1. The molecule has 5 aromatic rings. The van der Waals surface area contributed by atoms with Gasteiger partial charge < -0.3 is 0 Å². The molecule has 1 aliphatic carbocycles. The quantitative estimate of drug-likeness (QED) is 0.212. The summed E-state index contributed by atoms with van der Waals surface area (Å²) in [6, 6.07) is 32.0. The summed E-state index contributed by atoms with van der Waals surface area (Å²) in [6.07, 6.45) is 1.81. The van der Waals surface area contributed by atoms with Gasteiger partial charge in [-0.05, 0) is 82.4 Å². The van der Waals surface area contributed by atoms with E-state index in [2.05, 4.69) is 123 Å². The van der Waals surface area contributed by atoms with Crippen molar-refractivity contribution >= 4 is 31.9 Å². The summed E-state index contributed by atoms with van der Waals surface area (Å²) in [5, 5.41) is 0. The maximum atomic E-state index is 5.12. The number of pyridine rings is 2. The van der Waals surface area contributed by atoms with E-state index in [4.69, 9.17) is 4.98 Å². The molecule has 0 bridgehead atoms. The molecule has 0 N–H and O–H groups in total. The van der Waals surface area contributed by atoms with E-state index in [0.29, 0.717) is 0 Å². The number of hydrogen-bond acceptors (Lipinski definition) is 2. The Bertz CT molecular complexity index is 1570. The minimum absolute atomic E-state index is 0.0798. The van der Waals surface area contributed by atoms with Gasteiger partial charge in [0.1, 0.15) is 0 Å². The smallest absolute Gasteiger partial charge is 0.0894 e. The maximum Gasteiger partial charge on any atom is 0.0894 e. The molecule has 0 aliphatic heterocycles. The molecule has 170 valence electrons. The fourth-order valence-electron chi connectivity index (χ4n) is 5.05. The molecule has 0 saturated heterocycles. The summed E-state index contributed by atoms with van der Waals surface area (Å²) in [4.78, 5) is 9.64. The lowest BCUT2D eigenvalue weighted by Gasteiger charge is -2.22. The molecule has 2 aromatic heterocycles. The molecule has 2 heterocycles. The zero-order valence-corrected chi connectivity index (χ0v) is 22.6. The Morgan fingerprint density at radius 2 is 1.26 bits per heavy atom. The van der Waals surface area contributed by atoms with E-state index in [1.54, 1.807) is 0 Å². The predicted molar refractivity (Wildman–Crippen MR) is 151 cm³/mol. The second-order valence-corrected chi connectivity index (χ2v) is 11.2. The average molecular weight is 582 g/mol. The highest BCUT2D eigenvalue weighted by Crippen LogP contribution is 2.50. The van der Waals surface area contributed by atoms with Gasteiger partial charge in [-0.2, -0.15) is 0 Å². The summed E-state index contributed by atoms with van der Waals surface area (Å²) >= 11 is 7.23. The van der Waals surface area contributed by atoms with Crippen molar-refractivity contribution < 1.29 is 0 Å². The second kappa shape index (κ2) is 8.54. The molecule has 0 spiro atoms. The molecule has 0 atom stereocenters. The van der Waals surface area contributed by atoms with Gasteiger partial charge in [-0.3, -0.25) is 4.98 Å². The zero-order chi connectivity index (χ0) is 24.2. The third-order valence-electron chi connectivity index (χ3n) is 6.89. The highest BCUT2D eigenvalue weighted by Gasteiger charge is 2.35. The Hall–Kier alpha value is -3.08. The first-order chi connectivity index (χ1) is 16.9. The van der Waals surface area contributed by atoms with Crippen LogP contribution in [-0.2, 0) is 5.41 Å². The van der Waals surface area contributed by atoms with Crippen LogP contribution in [0.5, 0.6) is 0 Å². The second-order valence-electron chi connectivity index (χ2n) is 9.39. The third-order valence-corrected chi connectivity index (χ3v) is 7.91. The van der Waals surface area contributed by atoms with Gasteiger partial charge in [0.05, 0.1) is 17.1 Å². The summed E-state index contributed by atoms with van der Waals surface area (Å²) in [6.45, 7) is 4.62. The molecule has 3 aromatic carbocycles. The molecular weight excluding hydrogens is 560 g/mol. The molecule has 6 rings (SSSR count). The molecule has 0 radical (unpaired) electrons. The highest BCUT2D eigenvalue weighted by atomic mass is 79.9. The van der Waals surface area contributed by atoms with E-state index in [0.717, 1.165) is 37.2 Å². The van der Waals surface area contributed by atoms with Gasteiger partial charge in [0.2, 0.25) is 0 Å². The number of fused-ring (bicyclic) bond motifs is 3. The zero-order valence-electron chi connectivity index (χ0n) is 19.4. The van der Waals surface area contributed by atoms with Gasteiger partial charge in [-0.1, -0.05) is 82.1 Å². The molecule has 0 fully saturated rings. The number of halogens is 2. The maximum absolute atomic E-state index is 5.12. The summed E-state index contributed by atoms with van der Waals surface area (Å²) in [5.74, 6) is 0. The summed E-state index contributed by atoms with van der Waals surface area (Å²) in [5.41, 5.74) is 11.3. The molecule has 0 amide bonds. The van der Waals surface area contributed by atoms with E-state index in [-0.39, 0.29) is 5.41 Å². The van der Waals surface area contributed by atoms with E-state index < -0.39 is 0 Å². The van der Waals surface area contributed by atoms with Crippen LogP contribution in [0.2, 0.25) is 0 Å². The summed E-state index contributed by atoms with van der Waals surface area (Å²) in [7, 11) is 0. The number of hydrogen-bond donors (Lipinski definition) is 0. The molecule has 2 nitrogen and oxygen atoms in total. The minimum Gasteiger partial charge on any atom is -0.255 e. The lowest BCUT2D eigenvalue weighted by Crippen LogP contribution is -2.15. The number of nitrogens with zero attached hydrogens (tertiary/aromatic N) is 2. The van der Waals surface area contributed by atoms with Crippen LogP contribution in [-0.4, -0.2) is 9.97 Å². The van der Waals surface area contributed by atoms with E-state index in [9.17, 15) is 0 Å². The van der Waals surface area contributed by atoms with Crippen LogP contribution in [0.15, 0.2) is 106 Å². The predicted octanol–water partition coefficient (Wildman–Crippen LogP) is 9.31. The SMILES string of the molecule is CC1(C)c2cc(Br)ccc2-c2ccc(-c3ccc(-c4ccccn4)nc3-c3ccc(Br)cc3)cc21. The van der Waals surface area contributed by atoms with Crippen LogP contribution in [0.4, 0.5) is 0 Å². The van der Waals surface area contributed by atoms with Crippen LogP contribution in [0, 0.1) is 0 Å². The molecule has 35 heavy (non-hydrogen) atoms. The van der Waals surface area contributed by atoms with Crippen LogP contribution >= 0.6 is 31.9 Å². The fraction of sp³-hybridized carbons (Fsp3) is 0.0968. The van der Waals surface area contributed by atoms with Gasteiger partial charge >= 0.3 is 0 Å². The topological polar surface area (TPSA) is 25.8 Å². The fourth-order valence-corrected chi connectivity index (χ4v) is 5.68. The average Bonchev–Trinajstić information content (AvgIpc) is 3.10. The largest absolute Gasteiger partial charge is 0.255 e. The molecule has 0 unspecified atom stereocenters. The summed E-state index contributed by atoms with van der Waals surface area (Å²) < 4.78 is 2.16. The van der Waals surface area contributed by atoms with Crippen LogP contribution in [0.3, 0.4) is 0 Å². The Morgan fingerprint density at radius 1 is 0.600 bits per heavy atom. The van der Waals surface area contributed by atoms with Crippen molar-refractivity contribution in [1.82, 2.24) is 9.97 Å². The van der Waals surface area contributed by atoms with Crippen LogP contribution < -0.4 is 0 Å². The van der Waals surface area contributed by atoms with Crippen molar-refractivity contribution in [2.75, 3.05) is 0 Å². The molecule has 4 heteroatoms. The monoisotopic (exact) mass is 580 g/mol. The van der Waals surface area contributed by atoms with Crippen molar-refractivity contribution in [3.63, 3.8) is 0 Å². The van der Waals surface area contributed by atoms with Crippen molar-refractivity contribution in [2.24, 2.45) is 0 Å². The number of rotatable bonds is 3. The molecule has 0 saturated carbocycles. The Kier molecular flexibility index (Phi) is 5.46. The molecule has 1 aliphatic rings.